The number of amidine groups is 1. The summed E-state index contributed by atoms with van der Waals surface area (Å²) in [7, 11) is 0. The van der Waals surface area contributed by atoms with E-state index in [1.54, 1.807) is 0 Å². The number of oxime groups is 1. The van der Waals surface area contributed by atoms with Gasteiger partial charge in [-0.25, -0.2) is 0 Å². The molecule has 3 heteroatoms. The van der Waals surface area contributed by atoms with E-state index >= 15 is 0 Å². The molecule has 0 spiro atoms. The molecular formula is C8H16N2O. The third-order valence-electron chi connectivity index (χ3n) is 1.71. The van der Waals surface area contributed by atoms with Crippen LogP contribution in [0.4, 0.5) is 0 Å². The highest BCUT2D eigenvalue weighted by Gasteiger charge is 2.23. The predicted octanol–water partition coefficient (Wildman–Crippen LogP) is 1.56. The average molecular weight is 156 g/mol. The summed E-state index contributed by atoms with van der Waals surface area (Å²) in [6, 6.07) is 0. The Morgan fingerprint density at radius 3 is 2.27 bits per heavy atom. The molecule has 0 saturated carbocycles. The highest BCUT2D eigenvalue weighted by atomic mass is 16.7. The van der Waals surface area contributed by atoms with Crippen LogP contribution in [0, 0.1) is 11.8 Å². The largest absolute Gasteiger partial charge is 0.369 e. The van der Waals surface area contributed by atoms with Gasteiger partial charge in [-0.1, -0.05) is 32.9 Å². The van der Waals surface area contributed by atoms with Crippen LogP contribution >= 0.6 is 0 Å². The standard InChI is InChI=1S/C8H16N2O/c1-5(2)7-9-8(6(3)4)11-10-7/h5-6,8H,1-4H3,(H,9,10). The maximum Gasteiger partial charge on any atom is 0.201 e. The van der Waals surface area contributed by atoms with Gasteiger partial charge in [-0.2, -0.15) is 0 Å². The van der Waals surface area contributed by atoms with Crippen LogP contribution in [0.3, 0.4) is 0 Å². The van der Waals surface area contributed by atoms with Gasteiger partial charge in [0.15, 0.2) is 0 Å². The second-order valence-corrected chi connectivity index (χ2v) is 3.55. The molecule has 64 valence electrons. The molecule has 0 bridgehead atoms. The summed E-state index contributed by atoms with van der Waals surface area (Å²) in [6.07, 6.45) is 0.0763. The fourth-order valence-electron chi connectivity index (χ4n) is 0.872. The SMILES string of the molecule is CC(C)C1=NOC(C(C)C)N1. The van der Waals surface area contributed by atoms with Gasteiger partial charge in [-0.05, 0) is 0 Å². The molecule has 1 unspecified atom stereocenters. The smallest absolute Gasteiger partial charge is 0.201 e. The van der Waals surface area contributed by atoms with Crippen molar-refractivity contribution < 1.29 is 4.84 Å². The summed E-state index contributed by atoms with van der Waals surface area (Å²) < 4.78 is 0. The lowest BCUT2D eigenvalue weighted by Crippen LogP contribution is -2.35. The van der Waals surface area contributed by atoms with E-state index in [2.05, 4.69) is 38.2 Å². The van der Waals surface area contributed by atoms with E-state index in [0.717, 1.165) is 5.84 Å². The minimum atomic E-state index is 0.0763. The zero-order valence-corrected chi connectivity index (χ0v) is 7.59. The Balaban J connectivity index is 2.43. The Morgan fingerprint density at radius 1 is 1.36 bits per heavy atom. The Labute approximate surface area is 67.8 Å². The number of hydrogen-bond donors (Lipinski definition) is 1. The minimum Gasteiger partial charge on any atom is -0.369 e. The highest BCUT2D eigenvalue weighted by molar-refractivity contribution is 5.84. The molecule has 3 nitrogen and oxygen atoms in total. The molecule has 0 aromatic carbocycles. The second kappa shape index (κ2) is 3.11. The van der Waals surface area contributed by atoms with Crippen LogP contribution in [0.2, 0.25) is 0 Å². The van der Waals surface area contributed by atoms with Crippen LogP contribution in [0.5, 0.6) is 0 Å². The Bertz CT molecular complexity index is 163. The fraction of sp³-hybridized carbons (Fsp3) is 0.875. The molecule has 0 aliphatic carbocycles. The third kappa shape index (κ3) is 1.85. The first-order valence-electron chi connectivity index (χ1n) is 4.11. The topological polar surface area (TPSA) is 33.6 Å². The van der Waals surface area contributed by atoms with E-state index in [1.165, 1.54) is 0 Å². The molecular weight excluding hydrogens is 140 g/mol. The molecule has 0 amide bonds. The Kier molecular flexibility index (Phi) is 2.37. The minimum absolute atomic E-state index is 0.0763. The van der Waals surface area contributed by atoms with Crippen molar-refractivity contribution >= 4 is 5.84 Å². The van der Waals surface area contributed by atoms with Crippen LogP contribution in [0.1, 0.15) is 27.7 Å². The number of rotatable bonds is 2. The van der Waals surface area contributed by atoms with Crippen LogP contribution in [-0.2, 0) is 4.84 Å². The number of nitrogens with zero attached hydrogens (tertiary/aromatic N) is 1. The molecule has 0 radical (unpaired) electrons. The molecule has 1 aliphatic heterocycles. The summed E-state index contributed by atoms with van der Waals surface area (Å²) in [5.41, 5.74) is 0. The van der Waals surface area contributed by atoms with Crippen molar-refractivity contribution in [2.45, 2.75) is 33.9 Å². The van der Waals surface area contributed by atoms with E-state index in [1.807, 2.05) is 0 Å². The van der Waals surface area contributed by atoms with Crippen LogP contribution in [0.15, 0.2) is 5.16 Å². The quantitative estimate of drug-likeness (QED) is 0.658. The summed E-state index contributed by atoms with van der Waals surface area (Å²) in [6.45, 7) is 8.41. The summed E-state index contributed by atoms with van der Waals surface area (Å²) in [5, 5.41) is 7.16. The maximum absolute atomic E-state index is 5.17. The third-order valence-corrected chi connectivity index (χ3v) is 1.71. The fourth-order valence-corrected chi connectivity index (χ4v) is 0.872. The summed E-state index contributed by atoms with van der Waals surface area (Å²) in [5.74, 6) is 1.86. The van der Waals surface area contributed by atoms with Crippen molar-refractivity contribution in [1.82, 2.24) is 5.32 Å². The van der Waals surface area contributed by atoms with Crippen molar-refractivity contribution in [2.24, 2.45) is 17.0 Å². The van der Waals surface area contributed by atoms with Crippen molar-refractivity contribution in [3.63, 3.8) is 0 Å². The van der Waals surface area contributed by atoms with E-state index in [-0.39, 0.29) is 6.23 Å². The normalized spacial score (nSPS) is 23.5. The molecule has 0 aromatic heterocycles. The zero-order chi connectivity index (χ0) is 8.43. The van der Waals surface area contributed by atoms with E-state index in [0.29, 0.717) is 11.8 Å². The molecule has 0 aromatic rings. The van der Waals surface area contributed by atoms with Gasteiger partial charge in [0.1, 0.15) is 5.84 Å². The molecule has 1 rings (SSSR count). The van der Waals surface area contributed by atoms with Crippen LogP contribution in [0.25, 0.3) is 0 Å². The molecule has 1 aliphatic rings. The van der Waals surface area contributed by atoms with Gasteiger partial charge in [-0.3, -0.25) is 0 Å². The maximum atomic E-state index is 5.17. The lowest BCUT2D eigenvalue weighted by molar-refractivity contribution is 0.0393. The van der Waals surface area contributed by atoms with Crippen molar-refractivity contribution in [3.05, 3.63) is 0 Å². The average Bonchev–Trinajstić information content (AvgIpc) is 2.33. The molecule has 0 fully saturated rings. The first-order chi connectivity index (χ1) is 5.11. The van der Waals surface area contributed by atoms with Gasteiger partial charge in [0, 0.05) is 11.8 Å². The molecule has 1 N–H and O–H groups in total. The van der Waals surface area contributed by atoms with E-state index in [4.69, 9.17) is 4.84 Å². The van der Waals surface area contributed by atoms with Crippen molar-refractivity contribution in [3.8, 4) is 0 Å². The molecule has 1 atom stereocenters. The molecule has 11 heavy (non-hydrogen) atoms. The number of hydrogen-bond acceptors (Lipinski definition) is 3. The van der Waals surface area contributed by atoms with Crippen molar-refractivity contribution in [2.75, 3.05) is 0 Å². The first kappa shape index (κ1) is 8.37. The lowest BCUT2D eigenvalue weighted by atomic mass is 10.1. The Hall–Kier alpha value is -0.730. The van der Waals surface area contributed by atoms with Gasteiger partial charge in [0.05, 0.1) is 0 Å². The summed E-state index contributed by atoms with van der Waals surface area (Å²) in [4.78, 5) is 5.17. The molecule has 0 saturated heterocycles. The van der Waals surface area contributed by atoms with Crippen LogP contribution in [-0.4, -0.2) is 12.1 Å². The van der Waals surface area contributed by atoms with Gasteiger partial charge >= 0.3 is 0 Å². The predicted molar refractivity (Wildman–Crippen MR) is 45.1 cm³/mol. The monoisotopic (exact) mass is 156 g/mol. The van der Waals surface area contributed by atoms with Gasteiger partial charge in [0.2, 0.25) is 6.23 Å². The van der Waals surface area contributed by atoms with Crippen LogP contribution < -0.4 is 5.32 Å². The second-order valence-electron chi connectivity index (χ2n) is 3.55. The van der Waals surface area contributed by atoms with E-state index in [9.17, 15) is 0 Å². The highest BCUT2D eigenvalue weighted by Crippen LogP contribution is 2.11. The van der Waals surface area contributed by atoms with Gasteiger partial charge < -0.3 is 10.2 Å². The van der Waals surface area contributed by atoms with E-state index < -0.39 is 0 Å². The molecule has 1 heterocycles. The first-order valence-corrected chi connectivity index (χ1v) is 4.11. The Morgan fingerprint density at radius 2 is 2.00 bits per heavy atom. The summed E-state index contributed by atoms with van der Waals surface area (Å²) >= 11 is 0. The number of nitrogens with one attached hydrogen (secondary N) is 1. The van der Waals surface area contributed by atoms with Crippen molar-refractivity contribution in [1.29, 1.82) is 0 Å². The zero-order valence-electron chi connectivity index (χ0n) is 7.59. The van der Waals surface area contributed by atoms with Gasteiger partial charge in [0.25, 0.3) is 0 Å². The lowest BCUT2D eigenvalue weighted by Gasteiger charge is -2.13. The van der Waals surface area contributed by atoms with Gasteiger partial charge in [-0.15, -0.1) is 0 Å².